The summed E-state index contributed by atoms with van der Waals surface area (Å²) in [6.45, 7) is 1.76. The molecule has 7 heteroatoms. The quantitative estimate of drug-likeness (QED) is 0.680. The van der Waals surface area contributed by atoms with Crippen molar-refractivity contribution in [3.63, 3.8) is 0 Å². The molecule has 0 saturated carbocycles. The third-order valence-corrected chi connectivity index (χ3v) is 2.82. The highest BCUT2D eigenvalue weighted by molar-refractivity contribution is 7.87. The van der Waals surface area contributed by atoms with Gasteiger partial charge in [0.1, 0.15) is 0 Å². The second-order valence-electron chi connectivity index (χ2n) is 2.09. The van der Waals surface area contributed by atoms with Gasteiger partial charge >= 0.3 is 10.1 Å². The Morgan fingerprint density at radius 3 is 2.92 bits per heavy atom. The molecule has 0 bridgehead atoms. The van der Waals surface area contributed by atoms with E-state index in [4.69, 9.17) is 0 Å². The van der Waals surface area contributed by atoms with Gasteiger partial charge in [-0.3, -0.25) is 0 Å². The Labute approximate surface area is 74.7 Å². The zero-order valence-corrected chi connectivity index (χ0v) is 8.06. The van der Waals surface area contributed by atoms with Crippen molar-refractivity contribution in [3.05, 3.63) is 5.38 Å². The molecular formula is C5H8N2O3S2. The maximum absolute atomic E-state index is 11.0. The Kier molecular flexibility index (Phi) is 2.99. The van der Waals surface area contributed by atoms with E-state index in [0.717, 1.165) is 11.5 Å². The van der Waals surface area contributed by atoms with E-state index in [1.807, 2.05) is 0 Å². The molecule has 0 saturated heterocycles. The summed E-state index contributed by atoms with van der Waals surface area (Å²) < 4.78 is 30.1. The minimum Gasteiger partial charge on any atom is -0.359 e. The zero-order chi connectivity index (χ0) is 9.03. The smallest absolute Gasteiger partial charge is 0.310 e. The normalized spacial score (nSPS) is 11.4. The predicted octanol–water partition coefficient (Wildman–Crippen LogP) is 0.657. The lowest BCUT2D eigenvalue weighted by Crippen LogP contribution is -2.13. The first-order chi connectivity index (χ1) is 5.64. The van der Waals surface area contributed by atoms with Crippen LogP contribution in [0, 0.1) is 0 Å². The Morgan fingerprint density at radius 2 is 2.42 bits per heavy atom. The summed E-state index contributed by atoms with van der Waals surface area (Å²) in [5.41, 5.74) is 0. The van der Waals surface area contributed by atoms with Gasteiger partial charge in [-0.1, -0.05) is 16.5 Å². The Bertz CT molecular complexity index is 318. The molecule has 0 unspecified atom stereocenters. The van der Waals surface area contributed by atoms with Crippen LogP contribution in [0.2, 0.25) is 0 Å². The molecule has 1 aromatic heterocycles. The van der Waals surface area contributed by atoms with Crippen LogP contribution >= 0.6 is 11.5 Å². The largest absolute Gasteiger partial charge is 0.359 e. The predicted molar refractivity (Wildman–Crippen MR) is 44.6 cm³/mol. The maximum atomic E-state index is 11.0. The van der Waals surface area contributed by atoms with Crippen molar-refractivity contribution in [2.75, 3.05) is 5.75 Å². The fourth-order valence-corrected chi connectivity index (χ4v) is 1.96. The molecule has 0 aliphatic rings. The first kappa shape index (κ1) is 9.40. The summed E-state index contributed by atoms with van der Waals surface area (Å²) in [4.78, 5) is 0. The first-order valence-electron chi connectivity index (χ1n) is 3.33. The van der Waals surface area contributed by atoms with Gasteiger partial charge in [0.15, 0.2) is 0 Å². The van der Waals surface area contributed by atoms with Crippen LogP contribution in [0.25, 0.3) is 0 Å². The van der Waals surface area contributed by atoms with Crippen molar-refractivity contribution in [3.8, 4) is 5.88 Å². The average molecular weight is 208 g/mol. The van der Waals surface area contributed by atoms with Gasteiger partial charge < -0.3 is 4.18 Å². The second-order valence-corrected chi connectivity index (χ2v) is 4.39. The molecule has 0 atom stereocenters. The third-order valence-electron chi connectivity index (χ3n) is 1.01. The number of hydrogen-bond acceptors (Lipinski definition) is 6. The van der Waals surface area contributed by atoms with Crippen LogP contribution in [0.4, 0.5) is 0 Å². The van der Waals surface area contributed by atoms with Crippen molar-refractivity contribution in [2.24, 2.45) is 0 Å². The molecule has 0 N–H and O–H groups in total. The SMILES string of the molecule is CCCS(=O)(=O)Oc1csnn1. The molecule has 0 amide bonds. The lowest BCUT2D eigenvalue weighted by molar-refractivity contribution is 0.474. The van der Waals surface area contributed by atoms with Gasteiger partial charge in [0, 0.05) is 0 Å². The lowest BCUT2D eigenvalue weighted by Gasteiger charge is -1.99. The molecular weight excluding hydrogens is 200 g/mol. The Balaban J connectivity index is 2.63. The lowest BCUT2D eigenvalue weighted by atomic mass is 10.6. The van der Waals surface area contributed by atoms with E-state index in [2.05, 4.69) is 13.8 Å². The summed E-state index contributed by atoms with van der Waals surface area (Å²) >= 11 is 1.05. The van der Waals surface area contributed by atoms with Crippen LogP contribution in [-0.2, 0) is 10.1 Å². The highest BCUT2D eigenvalue weighted by Gasteiger charge is 2.12. The molecule has 1 aromatic rings. The highest BCUT2D eigenvalue weighted by atomic mass is 32.2. The number of rotatable bonds is 4. The molecule has 0 fully saturated rings. The third kappa shape index (κ3) is 2.74. The van der Waals surface area contributed by atoms with Crippen LogP contribution in [0.1, 0.15) is 13.3 Å². The minimum atomic E-state index is -3.45. The van der Waals surface area contributed by atoms with Gasteiger partial charge in [-0.15, -0.1) is 0 Å². The van der Waals surface area contributed by atoms with E-state index in [1.54, 1.807) is 6.92 Å². The fraction of sp³-hybridized carbons (Fsp3) is 0.600. The average Bonchev–Trinajstić information content (AvgIpc) is 2.38. The Hall–Kier alpha value is -0.690. The van der Waals surface area contributed by atoms with Crippen molar-refractivity contribution >= 4 is 21.7 Å². The molecule has 12 heavy (non-hydrogen) atoms. The number of aromatic nitrogens is 2. The van der Waals surface area contributed by atoms with E-state index in [1.165, 1.54) is 5.38 Å². The highest BCUT2D eigenvalue weighted by Crippen LogP contribution is 2.10. The van der Waals surface area contributed by atoms with Gasteiger partial charge in [-0.25, -0.2) is 0 Å². The van der Waals surface area contributed by atoms with Crippen LogP contribution < -0.4 is 4.18 Å². The Morgan fingerprint density at radius 1 is 1.67 bits per heavy atom. The van der Waals surface area contributed by atoms with Crippen molar-refractivity contribution in [2.45, 2.75) is 13.3 Å². The van der Waals surface area contributed by atoms with Gasteiger partial charge in [-0.05, 0) is 18.0 Å². The second kappa shape index (κ2) is 3.81. The van der Waals surface area contributed by atoms with Gasteiger partial charge in [0.05, 0.1) is 11.1 Å². The summed E-state index contributed by atoms with van der Waals surface area (Å²) in [6.07, 6.45) is 0.528. The van der Waals surface area contributed by atoms with Gasteiger partial charge in [0.2, 0.25) is 0 Å². The van der Waals surface area contributed by atoms with Crippen molar-refractivity contribution in [1.82, 2.24) is 9.59 Å². The molecule has 1 rings (SSSR count). The summed E-state index contributed by atoms with van der Waals surface area (Å²) in [5, 5.41) is 4.89. The topological polar surface area (TPSA) is 69.2 Å². The minimum absolute atomic E-state index is 0.00449. The van der Waals surface area contributed by atoms with Crippen molar-refractivity contribution in [1.29, 1.82) is 0 Å². The van der Waals surface area contributed by atoms with E-state index < -0.39 is 10.1 Å². The molecule has 68 valence electrons. The monoisotopic (exact) mass is 208 g/mol. The fourth-order valence-electron chi connectivity index (χ4n) is 0.614. The van der Waals surface area contributed by atoms with Crippen LogP contribution in [0.3, 0.4) is 0 Å². The van der Waals surface area contributed by atoms with Crippen LogP contribution in [-0.4, -0.2) is 23.8 Å². The van der Waals surface area contributed by atoms with Gasteiger partial charge in [-0.2, -0.15) is 8.42 Å². The molecule has 0 spiro atoms. The molecule has 5 nitrogen and oxygen atoms in total. The van der Waals surface area contributed by atoms with Gasteiger partial charge in [0.25, 0.3) is 5.88 Å². The number of hydrogen-bond donors (Lipinski definition) is 0. The molecule has 0 aliphatic heterocycles. The zero-order valence-electron chi connectivity index (χ0n) is 6.43. The standard InChI is InChI=1S/C5H8N2O3S2/c1-2-3-12(8,9)10-5-4-11-7-6-5/h4H,2-3H2,1H3. The van der Waals surface area contributed by atoms with Crippen molar-refractivity contribution < 1.29 is 12.6 Å². The first-order valence-corrected chi connectivity index (χ1v) is 5.74. The molecule has 0 aromatic carbocycles. The molecule has 0 aliphatic carbocycles. The maximum Gasteiger partial charge on any atom is 0.310 e. The van der Waals surface area contributed by atoms with E-state index >= 15 is 0 Å². The summed E-state index contributed by atoms with van der Waals surface area (Å²) in [6, 6.07) is 0. The van der Waals surface area contributed by atoms with Crippen LogP contribution in [0.15, 0.2) is 5.38 Å². The summed E-state index contributed by atoms with van der Waals surface area (Å²) in [7, 11) is -3.45. The summed E-state index contributed by atoms with van der Waals surface area (Å²) in [5.74, 6) is 0.0540. The van der Waals surface area contributed by atoms with E-state index in [-0.39, 0.29) is 11.6 Å². The van der Waals surface area contributed by atoms with Crippen LogP contribution in [0.5, 0.6) is 5.88 Å². The van der Waals surface area contributed by atoms with E-state index in [0.29, 0.717) is 6.42 Å². The molecule has 1 heterocycles. The number of nitrogens with zero attached hydrogens (tertiary/aromatic N) is 2. The molecule has 0 radical (unpaired) electrons. The van der Waals surface area contributed by atoms with E-state index in [9.17, 15) is 8.42 Å².